The van der Waals surface area contributed by atoms with Gasteiger partial charge in [0.1, 0.15) is 23.7 Å². The molecular formula is C29H52N2O10. The Hall–Kier alpha value is -1.67. The van der Waals surface area contributed by atoms with Gasteiger partial charge in [-0.15, -0.1) is 0 Å². The molecule has 0 aromatic rings. The van der Waals surface area contributed by atoms with Crippen LogP contribution in [0.4, 0.5) is 0 Å². The molecule has 2 heterocycles. The Balaban J connectivity index is 2.60. The van der Waals surface area contributed by atoms with Gasteiger partial charge in [-0.05, 0) is 61.1 Å². The number of aliphatic hydroxyl groups is 4. The fourth-order valence-corrected chi connectivity index (χ4v) is 6.46. The Kier molecular flexibility index (Phi) is 11.9. The molecule has 41 heavy (non-hydrogen) atoms. The van der Waals surface area contributed by atoms with E-state index in [9.17, 15) is 35.2 Å². The predicted molar refractivity (Wildman–Crippen MR) is 150 cm³/mol. The van der Waals surface area contributed by atoms with Crippen LogP contribution in [0.2, 0.25) is 0 Å². The summed E-state index contributed by atoms with van der Waals surface area (Å²) in [5, 5.41) is 58.8. The van der Waals surface area contributed by atoms with Crippen molar-refractivity contribution in [3.8, 4) is 0 Å². The first kappa shape index (κ1) is 35.5. The van der Waals surface area contributed by atoms with E-state index in [1.54, 1.807) is 20.8 Å². The lowest BCUT2D eigenvalue weighted by Crippen LogP contribution is -2.59. The van der Waals surface area contributed by atoms with Gasteiger partial charge in [-0.3, -0.25) is 9.59 Å². The number of carbonyl (C=O) groups excluding carboxylic acids is 2. The van der Waals surface area contributed by atoms with Crippen molar-refractivity contribution in [2.24, 2.45) is 28.8 Å². The second-order valence-electron chi connectivity index (χ2n) is 12.8. The Morgan fingerprint density at radius 1 is 1.05 bits per heavy atom. The second-order valence-corrected chi connectivity index (χ2v) is 12.8. The van der Waals surface area contributed by atoms with Crippen LogP contribution >= 0.6 is 0 Å². The molecule has 238 valence electrons. The monoisotopic (exact) mass is 588 g/mol. The van der Waals surface area contributed by atoms with Crippen molar-refractivity contribution >= 4 is 17.5 Å². The number of Topliss-reactive ketones (excluding diaryl/α,β-unsaturated/α-hetero) is 1. The summed E-state index contributed by atoms with van der Waals surface area (Å²) in [5.74, 6) is -5.38. The highest BCUT2D eigenvalue weighted by atomic mass is 16.7. The predicted octanol–water partition coefficient (Wildman–Crippen LogP) is 1.33. The fourth-order valence-electron chi connectivity index (χ4n) is 6.46. The molecule has 0 spiro atoms. The van der Waals surface area contributed by atoms with Crippen molar-refractivity contribution in [3.05, 3.63) is 0 Å². The van der Waals surface area contributed by atoms with Gasteiger partial charge >= 0.3 is 5.97 Å². The summed E-state index contributed by atoms with van der Waals surface area (Å²) >= 11 is 0. The van der Waals surface area contributed by atoms with Crippen LogP contribution in [0.25, 0.3) is 0 Å². The zero-order chi connectivity index (χ0) is 31.6. The highest BCUT2D eigenvalue weighted by molar-refractivity contribution is 6.00. The molecule has 5 N–H and O–H groups in total. The summed E-state index contributed by atoms with van der Waals surface area (Å²) in [4.78, 5) is 28.7. The van der Waals surface area contributed by atoms with E-state index >= 15 is 0 Å². The lowest BCUT2D eigenvalue weighted by atomic mass is 9.74. The number of esters is 1. The zero-order valence-electron chi connectivity index (χ0n) is 26.1. The van der Waals surface area contributed by atoms with Crippen molar-refractivity contribution < 1.29 is 49.4 Å². The van der Waals surface area contributed by atoms with Gasteiger partial charge in [0.05, 0.1) is 29.6 Å². The summed E-state index contributed by atoms with van der Waals surface area (Å²) in [6.07, 6.45) is -5.90. The van der Waals surface area contributed by atoms with E-state index in [1.807, 2.05) is 25.9 Å². The van der Waals surface area contributed by atoms with Crippen molar-refractivity contribution in [1.29, 1.82) is 0 Å². The molecule has 2 rings (SSSR count). The highest BCUT2D eigenvalue weighted by Crippen LogP contribution is 2.37. The molecule has 0 aliphatic carbocycles. The number of hydrogen-bond acceptors (Lipinski definition) is 12. The number of likely N-dealkylation sites (N-methyl/N-ethyl adjacent to an activating group) is 1. The van der Waals surface area contributed by atoms with Crippen molar-refractivity contribution in [1.82, 2.24) is 4.90 Å². The minimum Gasteiger partial charge on any atom is -0.459 e. The van der Waals surface area contributed by atoms with Crippen LogP contribution in [0.1, 0.15) is 74.7 Å². The van der Waals surface area contributed by atoms with E-state index in [2.05, 4.69) is 5.16 Å². The van der Waals surface area contributed by atoms with Gasteiger partial charge in [0.2, 0.25) is 0 Å². The number of ketones is 1. The highest BCUT2D eigenvalue weighted by Gasteiger charge is 2.50. The maximum atomic E-state index is 13.7. The van der Waals surface area contributed by atoms with Crippen LogP contribution in [0.5, 0.6) is 0 Å². The third-order valence-electron chi connectivity index (χ3n) is 9.01. The quantitative estimate of drug-likeness (QED) is 0.138. The standard InChI is InChI=1S/C29H52N2O10/c1-11-20-29(8,37)24(34)16(4)21(30-38)14(2)13-28(7,36)25(17(5)22(32)18(6)26(35)40-20)41-27-23(33)19(31(9)10)12-15(3)39-27/h14-20,23-25,27,33-34,36-38H,11-13H2,1-10H3/b30-21+/t14-,15-,16-,17-,18-,19?,20-,23-,24-,25-,27?,28-,29-/m1/s1. The van der Waals surface area contributed by atoms with Crippen molar-refractivity contribution in [2.45, 2.75) is 129 Å². The smallest absolute Gasteiger partial charge is 0.316 e. The number of ether oxygens (including phenoxy) is 3. The van der Waals surface area contributed by atoms with Crippen molar-refractivity contribution in [3.63, 3.8) is 0 Å². The first-order valence-corrected chi connectivity index (χ1v) is 14.6. The van der Waals surface area contributed by atoms with Crippen LogP contribution in [-0.4, -0.2) is 116 Å². The minimum absolute atomic E-state index is 0.0839. The first-order chi connectivity index (χ1) is 18.8. The molecule has 2 saturated heterocycles. The molecule has 0 aromatic carbocycles. The number of carbonyl (C=O) groups is 2. The number of hydrogen-bond donors (Lipinski definition) is 5. The fraction of sp³-hybridized carbons (Fsp3) is 0.897. The van der Waals surface area contributed by atoms with Gasteiger partial charge in [0, 0.05) is 23.8 Å². The lowest BCUT2D eigenvalue weighted by molar-refractivity contribution is -0.293. The van der Waals surface area contributed by atoms with Gasteiger partial charge in [-0.25, -0.2) is 0 Å². The number of cyclic esters (lactones) is 1. The maximum Gasteiger partial charge on any atom is 0.316 e. The first-order valence-electron chi connectivity index (χ1n) is 14.6. The maximum absolute atomic E-state index is 13.7. The zero-order valence-corrected chi connectivity index (χ0v) is 26.1. The second kappa shape index (κ2) is 13.7. The van der Waals surface area contributed by atoms with Gasteiger partial charge in [0.15, 0.2) is 12.1 Å². The third kappa shape index (κ3) is 7.65. The molecule has 12 heteroatoms. The summed E-state index contributed by atoms with van der Waals surface area (Å²) < 4.78 is 17.8. The molecule has 0 bridgehead atoms. The van der Waals surface area contributed by atoms with Crippen LogP contribution in [0, 0.1) is 23.7 Å². The molecule has 0 saturated carbocycles. The number of rotatable bonds is 4. The molecule has 2 fully saturated rings. The molecule has 2 aliphatic heterocycles. The van der Waals surface area contributed by atoms with Crippen molar-refractivity contribution in [2.75, 3.05) is 14.1 Å². The lowest BCUT2D eigenvalue weighted by Gasteiger charge is -2.46. The molecule has 12 nitrogen and oxygen atoms in total. The summed E-state index contributed by atoms with van der Waals surface area (Å²) in [6.45, 7) is 12.5. The summed E-state index contributed by atoms with van der Waals surface area (Å²) in [7, 11) is 3.65. The SMILES string of the molecule is CC[C@H]1OC(=O)[C@H](C)C(=O)[C@@H](C)[C@@H](OC2O[C@H](C)CC(N(C)C)[C@H]2O)[C@](C)(O)C[C@@H](C)/C(=N\O)[C@@H](C)[C@@H](O)[C@]1(C)O. The third-order valence-corrected chi connectivity index (χ3v) is 9.01. The number of aliphatic hydroxyl groups excluding tert-OH is 2. The Labute approximate surface area is 243 Å². The van der Waals surface area contributed by atoms with E-state index in [1.165, 1.54) is 27.7 Å². The van der Waals surface area contributed by atoms with Crippen LogP contribution in [0.15, 0.2) is 5.16 Å². The number of nitrogens with zero attached hydrogens (tertiary/aromatic N) is 2. The molecule has 2 unspecified atom stereocenters. The summed E-state index contributed by atoms with van der Waals surface area (Å²) in [6, 6.07) is -0.305. The minimum atomic E-state index is -1.94. The Bertz CT molecular complexity index is 939. The average molecular weight is 589 g/mol. The molecule has 0 amide bonds. The van der Waals surface area contributed by atoms with E-state index in [0.717, 1.165) is 0 Å². The average Bonchev–Trinajstić information content (AvgIpc) is 2.88. The molecule has 13 atom stereocenters. The van der Waals surface area contributed by atoms with Crippen LogP contribution < -0.4 is 0 Å². The molecule has 0 radical (unpaired) electrons. The number of oxime groups is 1. The van der Waals surface area contributed by atoms with E-state index in [-0.39, 0.29) is 30.7 Å². The van der Waals surface area contributed by atoms with Gasteiger partial charge in [-0.2, -0.15) is 0 Å². The molecule has 2 aliphatic rings. The van der Waals surface area contributed by atoms with Gasteiger partial charge < -0.3 is 44.7 Å². The van der Waals surface area contributed by atoms with Gasteiger partial charge in [-0.1, -0.05) is 32.9 Å². The topological polar surface area (TPSA) is 179 Å². The van der Waals surface area contributed by atoms with E-state index in [4.69, 9.17) is 14.2 Å². The van der Waals surface area contributed by atoms with E-state index < -0.39 is 77.3 Å². The largest absolute Gasteiger partial charge is 0.459 e. The molecular weight excluding hydrogens is 536 g/mol. The van der Waals surface area contributed by atoms with E-state index in [0.29, 0.717) is 6.42 Å². The normalized spacial score (nSPS) is 46.8. The Morgan fingerprint density at radius 3 is 2.15 bits per heavy atom. The van der Waals surface area contributed by atoms with Crippen LogP contribution in [-0.2, 0) is 23.8 Å². The molecule has 0 aromatic heterocycles. The summed E-state index contributed by atoms with van der Waals surface area (Å²) in [5.41, 5.74) is -3.62. The Morgan fingerprint density at radius 2 is 1.63 bits per heavy atom. The van der Waals surface area contributed by atoms with Crippen LogP contribution in [0.3, 0.4) is 0 Å². The van der Waals surface area contributed by atoms with Gasteiger partial charge in [0.25, 0.3) is 0 Å².